The Balaban J connectivity index is 2.07. The summed E-state index contributed by atoms with van der Waals surface area (Å²) < 4.78 is 2.07. The van der Waals surface area contributed by atoms with Crippen molar-refractivity contribution in [2.45, 2.75) is 53.8 Å². The van der Waals surface area contributed by atoms with Crippen LogP contribution in [0.4, 0.5) is 0 Å². The van der Waals surface area contributed by atoms with Gasteiger partial charge in [0.15, 0.2) is 0 Å². The first-order chi connectivity index (χ1) is 9.02. The Kier molecular flexibility index (Phi) is 4.37. The lowest BCUT2D eigenvalue weighted by Crippen LogP contribution is -2.18. The maximum absolute atomic E-state index is 4.58. The molecule has 2 aromatic rings. The predicted molar refractivity (Wildman–Crippen MR) is 79.5 cm³/mol. The maximum atomic E-state index is 4.58. The van der Waals surface area contributed by atoms with Crippen LogP contribution in [0.1, 0.15) is 46.7 Å². The summed E-state index contributed by atoms with van der Waals surface area (Å²) in [5, 5.41) is 9.26. The van der Waals surface area contributed by atoms with Gasteiger partial charge in [-0.25, -0.2) is 4.98 Å². The Morgan fingerprint density at radius 1 is 1.37 bits per heavy atom. The third kappa shape index (κ3) is 3.04. The van der Waals surface area contributed by atoms with E-state index in [1.165, 1.54) is 16.1 Å². The zero-order valence-corrected chi connectivity index (χ0v) is 13.1. The fraction of sp³-hybridized carbons (Fsp3) is 0.571. The van der Waals surface area contributed by atoms with Crippen molar-refractivity contribution in [1.29, 1.82) is 0 Å². The van der Waals surface area contributed by atoms with E-state index in [-0.39, 0.29) is 0 Å². The number of aryl methyl sites for hydroxylation is 3. The summed E-state index contributed by atoms with van der Waals surface area (Å²) in [5.41, 5.74) is 3.71. The van der Waals surface area contributed by atoms with Crippen molar-refractivity contribution in [1.82, 2.24) is 20.1 Å². The van der Waals surface area contributed by atoms with Crippen LogP contribution in [0.2, 0.25) is 0 Å². The maximum Gasteiger partial charge on any atom is 0.0897 e. The van der Waals surface area contributed by atoms with Crippen molar-refractivity contribution in [2.24, 2.45) is 0 Å². The number of thiazole rings is 1. The Labute approximate surface area is 118 Å². The summed E-state index contributed by atoms with van der Waals surface area (Å²) in [7, 11) is 0. The number of hydrogen-bond acceptors (Lipinski definition) is 4. The van der Waals surface area contributed by atoms with Crippen LogP contribution in [-0.2, 0) is 13.1 Å². The van der Waals surface area contributed by atoms with Crippen molar-refractivity contribution in [3.63, 3.8) is 0 Å². The van der Waals surface area contributed by atoms with Crippen LogP contribution in [0.5, 0.6) is 0 Å². The first-order valence-electron chi connectivity index (χ1n) is 6.71. The molecule has 0 fully saturated rings. The van der Waals surface area contributed by atoms with Crippen LogP contribution in [0.25, 0.3) is 0 Å². The molecule has 0 bridgehead atoms. The summed E-state index contributed by atoms with van der Waals surface area (Å²) in [6, 6.07) is 0.308. The molecule has 4 nitrogen and oxygen atoms in total. The van der Waals surface area contributed by atoms with Gasteiger partial charge in [-0.2, -0.15) is 5.10 Å². The van der Waals surface area contributed by atoms with Gasteiger partial charge in [-0.3, -0.25) is 4.68 Å². The fourth-order valence-electron chi connectivity index (χ4n) is 2.49. The molecule has 0 amide bonds. The zero-order chi connectivity index (χ0) is 14.0. The highest BCUT2D eigenvalue weighted by Crippen LogP contribution is 2.22. The Hall–Kier alpha value is -1.20. The quantitative estimate of drug-likeness (QED) is 0.913. The van der Waals surface area contributed by atoms with Gasteiger partial charge in [0.1, 0.15) is 0 Å². The Bertz CT molecular complexity index is 556. The molecule has 2 heterocycles. The van der Waals surface area contributed by atoms with Gasteiger partial charge < -0.3 is 5.32 Å². The van der Waals surface area contributed by atoms with Gasteiger partial charge in [0.25, 0.3) is 0 Å². The van der Waals surface area contributed by atoms with Gasteiger partial charge in [-0.15, -0.1) is 11.3 Å². The number of rotatable bonds is 5. The van der Waals surface area contributed by atoms with Gasteiger partial charge in [-0.05, 0) is 34.6 Å². The molecule has 0 saturated heterocycles. The van der Waals surface area contributed by atoms with Gasteiger partial charge in [0.2, 0.25) is 0 Å². The smallest absolute Gasteiger partial charge is 0.0897 e. The van der Waals surface area contributed by atoms with E-state index in [1.54, 1.807) is 11.3 Å². The number of nitrogens with zero attached hydrogens (tertiary/aromatic N) is 3. The molecule has 0 aliphatic rings. The fourth-order valence-corrected chi connectivity index (χ4v) is 3.23. The number of nitrogens with one attached hydrogen (secondary N) is 1. The molecule has 0 aliphatic heterocycles. The molecule has 1 atom stereocenters. The predicted octanol–water partition coefficient (Wildman–Crippen LogP) is 3.14. The molecule has 19 heavy (non-hydrogen) atoms. The third-order valence-corrected chi connectivity index (χ3v) is 4.33. The van der Waals surface area contributed by atoms with Gasteiger partial charge >= 0.3 is 0 Å². The van der Waals surface area contributed by atoms with Crippen molar-refractivity contribution < 1.29 is 0 Å². The van der Waals surface area contributed by atoms with E-state index in [0.29, 0.717) is 6.04 Å². The normalized spacial score (nSPS) is 12.9. The lowest BCUT2D eigenvalue weighted by atomic mass is 10.1. The van der Waals surface area contributed by atoms with Crippen LogP contribution >= 0.6 is 11.3 Å². The molecule has 2 rings (SSSR count). The molecule has 1 N–H and O–H groups in total. The van der Waals surface area contributed by atoms with Crippen molar-refractivity contribution in [2.75, 3.05) is 0 Å². The minimum absolute atomic E-state index is 0.308. The second kappa shape index (κ2) is 5.84. The molecular weight excluding hydrogens is 256 g/mol. The minimum Gasteiger partial charge on any atom is -0.305 e. The first-order valence-corrected chi connectivity index (χ1v) is 7.53. The van der Waals surface area contributed by atoms with Crippen LogP contribution < -0.4 is 5.32 Å². The van der Waals surface area contributed by atoms with Crippen molar-refractivity contribution in [3.05, 3.63) is 33.0 Å². The number of hydrogen-bond donors (Lipinski definition) is 1. The van der Waals surface area contributed by atoms with Crippen LogP contribution in [0.15, 0.2) is 6.20 Å². The summed E-state index contributed by atoms with van der Waals surface area (Å²) in [6.45, 7) is 12.4. The highest BCUT2D eigenvalue weighted by Gasteiger charge is 2.16. The van der Waals surface area contributed by atoms with Crippen molar-refractivity contribution >= 4 is 11.3 Å². The van der Waals surface area contributed by atoms with E-state index >= 15 is 0 Å². The Morgan fingerprint density at radius 3 is 2.63 bits per heavy atom. The Morgan fingerprint density at radius 2 is 2.11 bits per heavy atom. The average Bonchev–Trinajstić information content (AvgIpc) is 2.90. The second-order valence-corrected chi connectivity index (χ2v) is 6.17. The summed E-state index contributed by atoms with van der Waals surface area (Å²) in [5.74, 6) is 0. The molecule has 2 aromatic heterocycles. The summed E-state index contributed by atoms with van der Waals surface area (Å²) in [6.07, 6.45) is 1.95. The highest BCUT2D eigenvalue weighted by atomic mass is 32.1. The van der Waals surface area contributed by atoms with E-state index in [2.05, 4.69) is 47.8 Å². The van der Waals surface area contributed by atoms with Crippen LogP contribution in [0.3, 0.4) is 0 Å². The lowest BCUT2D eigenvalue weighted by Gasteiger charge is -2.14. The molecule has 0 spiro atoms. The monoisotopic (exact) mass is 278 g/mol. The highest BCUT2D eigenvalue weighted by molar-refractivity contribution is 7.11. The average molecular weight is 278 g/mol. The first kappa shape index (κ1) is 14.2. The zero-order valence-electron chi connectivity index (χ0n) is 12.3. The van der Waals surface area contributed by atoms with E-state index in [9.17, 15) is 0 Å². The number of aromatic nitrogens is 3. The molecular formula is C14H22N4S. The third-order valence-electron chi connectivity index (χ3n) is 3.42. The second-order valence-electron chi connectivity index (χ2n) is 4.85. The molecule has 5 heteroatoms. The SMILES string of the molecule is CCn1nc(C)c(C(C)NCc2cnc(C)s2)c1C. The molecule has 104 valence electrons. The van der Waals surface area contributed by atoms with E-state index in [4.69, 9.17) is 0 Å². The molecule has 0 saturated carbocycles. The molecule has 1 unspecified atom stereocenters. The lowest BCUT2D eigenvalue weighted by molar-refractivity contribution is 0.569. The van der Waals surface area contributed by atoms with E-state index in [1.807, 2.05) is 13.1 Å². The van der Waals surface area contributed by atoms with Crippen LogP contribution in [0, 0.1) is 20.8 Å². The largest absolute Gasteiger partial charge is 0.305 e. The van der Waals surface area contributed by atoms with Gasteiger partial charge in [0, 0.05) is 41.5 Å². The standard InChI is InChI=1S/C14H22N4S/c1-6-18-11(4)14(10(3)17-18)9(2)15-7-13-8-16-12(5)19-13/h8-9,15H,6-7H2,1-5H3. The van der Waals surface area contributed by atoms with Gasteiger partial charge in [-0.1, -0.05) is 0 Å². The minimum atomic E-state index is 0.308. The molecule has 0 aromatic carbocycles. The summed E-state index contributed by atoms with van der Waals surface area (Å²) in [4.78, 5) is 5.56. The van der Waals surface area contributed by atoms with Crippen molar-refractivity contribution in [3.8, 4) is 0 Å². The topological polar surface area (TPSA) is 42.7 Å². The molecule has 0 radical (unpaired) electrons. The summed E-state index contributed by atoms with van der Waals surface area (Å²) >= 11 is 1.75. The van der Waals surface area contributed by atoms with E-state index < -0.39 is 0 Å². The van der Waals surface area contributed by atoms with Gasteiger partial charge in [0.05, 0.1) is 10.7 Å². The molecule has 0 aliphatic carbocycles. The van der Waals surface area contributed by atoms with Crippen LogP contribution in [-0.4, -0.2) is 14.8 Å². The van der Waals surface area contributed by atoms with E-state index in [0.717, 1.165) is 23.8 Å².